The van der Waals surface area contributed by atoms with E-state index in [1.165, 1.54) is 11.8 Å². The largest absolute Gasteiger partial charge is 0.219 e. The average Bonchev–Trinajstić information content (AvgIpc) is 2.41. The fourth-order valence-corrected chi connectivity index (χ4v) is 4.10. The van der Waals surface area contributed by atoms with Gasteiger partial charge in [0.25, 0.3) is 0 Å². The predicted octanol–water partition coefficient (Wildman–Crippen LogP) is 2.18. The van der Waals surface area contributed by atoms with Crippen LogP contribution < -0.4 is 0 Å². The molecule has 0 aromatic heterocycles. The lowest BCUT2D eigenvalue weighted by molar-refractivity contribution is 0.603. The molecular weight excluding hydrogens is 216 g/mol. The Bertz CT molecular complexity index is 487. The maximum atomic E-state index is 11.9. The van der Waals surface area contributed by atoms with Crippen molar-refractivity contribution in [1.29, 1.82) is 0 Å². The summed E-state index contributed by atoms with van der Waals surface area (Å²) in [5.74, 6) is 0.553. The minimum absolute atomic E-state index is 0.448. The lowest BCUT2D eigenvalue weighted by Gasteiger charge is -2.00. The molecule has 0 amide bonds. The smallest absolute Gasteiger partial charge is 0.204 e. The summed E-state index contributed by atoms with van der Waals surface area (Å²) in [5.41, 5.74) is 0.816. The van der Waals surface area contributed by atoms with Crippen LogP contribution in [-0.2, 0) is 9.84 Å². The monoisotopic (exact) mass is 226 g/mol. The Labute approximate surface area is 87.9 Å². The Kier molecular flexibility index (Phi) is 2.41. The third-order valence-corrected chi connectivity index (χ3v) is 4.84. The van der Waals surface area contributed by atoms with Crippen LogP contribution in [0.2, 0.25) is 0 Å². The molecule has 0 atom stereocenters. The molecule has 1 aliphatic rings. The van der Waals surface area contributed by atoms with Gasteiger partial charge in [0.1, 0.15) is 0 Å². The van der Waals surface area contributed by atoms with Crippen molar-refractivity contribution >= 4 is 27.7 Å². The first kappa shape index (κ1) is 9.80. The summed E-state index contributed by atoms with van der Waals surface area (Å²) in [6.07, 6.45) is 3.67. The molecule has 0 aliphatic carbocycles. The number of hydrogen-bond acceptors (Lipinski definition) is 3. The van der Waals surface area contributed by atoms with Gasteiger partial charge < -0.3 is 0 Å². The molecule has 0 radical (unpaired) electrons. The zero-order chi connectivity index (χ0) is 10.2. The highest BCUT2D eigenvalue weighted by atomic mass is 32.2. The van der Waals surface area contributed by atoms with Crippen LogP contribution in [0.4, 0.5) is 0 Å². The van der Waals surface area contributed by atoms with Crippen molar-refractivity contribution in [3.8, 4) is 0 Å². The molecule has 0 N–H and O–H groups in total. The topological polar surface area (TPSA) is 34.1 Å². The molecule has 1 heterocycles. The summed E-state index contributed by atoms with van der Waals surface area (Å²) in [6.45, 7) is 0. The molecule has 14 heavy (non-hydrogen) atoms. The van der Waals surface area contributed by atoms with Crippen LogP contribution in [-0.4, -0.2) is 20.4 Å². The van der Waals surface area contributed by atoms with Gasteiger partial charge in [0.15, 0.2) is 0 Å². The van der Waals surface area contributed by atoms with E-state index in [4.69, 9.17) is 0 Å². The van der Waals surface area contributed by atoms with Gasteiger partial charge in [0.2, 0.25) is 9.84 Å². The summed E-state index contributed by atoms with van der Waals surface area (Å²) in [6, 6.07) is 7.10. The van der Waals surface area contributed by atoms with E-state index < -0.39 is 9.84 Å². The molecule has 0 spiro atoms. The maximum Gasteiger partial charge on any atom is 0.204 e. The fourth-order valence-electron chi connectivity index (χ4n) is 1.50. The number of thioether (sulfide) groups is 1. The highest BCUT2D eigenvalue weighted by Crippen LogP contribution is 2.33. The highest BCUT2D eigenvalue weighted by Gasteiger charge is 2.28. The van der Waals surface area contributed by atoms with E-state index in [2.05, 4.69) is 0 Å². The SMILES string of the molecule is CSCC1=Cc2ccccc2S1(=O)=O. The molecule has 0 saturated carbocycles. The Balaban J connectivity index is 2.57. The van der Waals surface area contributed by atoms with E-state index in [0.29, 0.717) is 15.6 Å². The molecule has 74 valence electrons. The van der Waals surface area contributed by atoms with Crippen LogP contribution in [0.5, 0.6) is 0 Å². The lowest BCUT2D eigenvalue weighted by atomic mass is 10.2. The zero-order valence-corrected chi connectivity index (χ0v) is 9.36. The van der Waals surface area contributed by atoms with E-state index in [9.17, 15) is 8.42 Å². The second kappa shape index (κ2) is 3.44. The van der Waals surface area contributed by atoms with Crippen molar-refractivity contribution in [2.24, 2.45) is 0 Å². The zero-order valence-electron chi connectivity index (χ0n) is 7.73. The van der Waals surface area contributed by atoms with E-state index in [0.717, 1.165) is 5.56 Å². The van der Waals surface area contributed by atoms with Crippen molar-refractivity contribution < 1.29 is 8.42 Å². The molecule has 0 unspecified atom stereocenters. The van der Waals surface area contributed by atoms with Gasteiger partial charge in [-0.15, -0.1) is 0 Å². The summed E-state index contributed by atoms with van der Waals surface area (Å²) in [7, 11) is -3.17. The van der Waals surface area contributed by atoms with Crippen molar-refractivity contribution in [3.05, 3.63) is 34.7 Å². The number of rotatable bonds is 2. The summed E-state index contributed by atoms with van der Waals surface area (Å²) in [5, 5.41) is 0. The number of hydrogen-bond donors (Lipinski definition) is 0. The third kappa shape index (κ3) is 1.38. The first-order chi connectivity index (χ1) is 6.66. The standard InChI is InChI=1S/C10H10O2S2/c1-13-7-9-6-8-4-2-3-5-10(8)14(9,11)12/h2-6H,7H2,1H3. The fraction of sp³-hybridized carbons (Fsp3) is 0.200. The molecule has 0 bridgehead atoms. The van der Waals surface area contributed by atoms with Crippen LogP contribution in [0.15, 0.2) is 34.1 Å². The van der Waals surface area contributed by atoms with Gasteiger partial charge in [0.05, 0.1) is 9.80 Å². The van der Waals surface area contributed by atoms with Gasteiger partial charge in [-0.25, -0.2) is 8.42 Å². The minimum Gasteiger partial charge on any atom is -0.219 e. The van der Waals surface area contributed by atoms with Crippen molar-refractivity contribution in [3.63, 3.8) is 0 Å². The van der Waals surface area contributed by atoms with E-state index in [1.54, 1.807) is 18.2 Å². The van der Waals surface area contributed by atoms with Crippen LogP contribution in [0.1, 0.15) is 5.56 Å². The van der Waals surface area contributed by atoms with E-state index in [1.807, 2.05) is 18.4 Å². The summed E-state index contributed by atoms with van der Waals surface area (Å²) >= 11 is 1.52. The van der Waals surface area contributed by atoms with Crippen molar-refractivity contribution in [2.75, 3.05) is 12.0 Å². The van der Waals surface area contributed by atoms with Crippen LogP contribution in [0.25, 0.3) is 6.08 Å². The number of sulfone groups is 1. The maximum absolute atomic E-state index is 11.9. The Hall–Kier alpha value is -0.740. The molecule has 1 aromatic rings. The molecule has 0 fully saturated rings. The Morgan fingerprint density at radius 1 is 1.29 bits per heavy atom. The molecule has 4 heteroatoms. The molecule has 1 aromatic carbocycles. The highest BCUT2D eigenvalue weighted by molar-refractivity contribution is 8.01. The van der Waals surface area contributed by atoms with Gasteiger partial charge in [-0.1, -0.05) is 18.2 Å². The predicted molar refractivity (Wildman–Crippen MR) is 60.0 cm³/mol. The van der Waals surface area contributed by atoms with Crippen LogP contribution in [0.3, 0.4) is 0 Å². The summed E-state index contributed by atoms with van der Waals surface area (Å²) < 4.78 is 23.8. The minimum atomic E-state index is -3.17. The first-order valence-electron chi connectivity index (χ1n) is 4.20. The van der Waals surface area contributed by atoms with Crippen molar-refractivity contribution in [1.82, 2.24) is 0 Å². The van der Waals surface area contributed by atoms with Gasteiger partial charge >= 0.3 is 0 Å². The van der Waals surface area contributed by atoms with E-state index in [-0.39, 0.29) is 0 Å². The lowest BCUT2D eigenvalue weighted by Crippen LogP contribution is -2.02. The summed E-state index contributed by atoms with van der Waals surface area (Å²) in [4.78, 5) is 0.968. The number of benzene rings is 1. The van der Waals surface area contributed by atoms with E-state index >= 15 is 0 Å². The van der Waals surface area contributed by atoms with Crippen LogP contribution >= 0.6 is 11.8 Å². The van der Waals surface area contributed by atoms with Gasteiger partial charge in [-0.05, 0) is 24.0 Å². The molecule has 2 nitrogen and oxygen atoms in total. The molecular formula is C10H10O2S2. The molecule has 1 aliphatic heterocycles. The third-order valence-electron chi connectivity index (χ3n) is 2.16. The number of fused-ring (bicyclic) bond motifs is 1. The normalized spacial score (nSPS) is 17.6. The first-order valence-corrected chi connectivity index (χ1v) is 7.07. The average molecular weight is 226 g/mol. The van der Waals surface area contributed by atoms with Gasteiger partial charge in [0, 0.05) is 5.75 Å². The van der Waals surface area contributed by atoms with Crippen LogP contribution in [0, 0.1) is 0 Å². The second-order valence-electron chi connectivity index (χ2n) is 3.08. The van der Waals surface area contributed by atoms with Gasteiger partial charge in [-0.3, -0.25) is 0 Å². The quantitative estimate of drug-likeness (QED) is 0.775. The molecule has 2 rings (SSSR count). The molecule has 0 saturated heterocycles. The van der Waals surface area contributed by atoms with Gasteiger partial charge in [-0.2, -0.15) is 11.8 Å². The Morgan fingerprint density at radius 2 is 2.00 bits per heavy atom. The second-order valence-corrected chi connectivity index (χ2v) is 5.92. The Morgan fingerprint density at radius 3 is 2.64 bits per heavy atom. The van der Waals surface area contributed by atoms with Crippen molar-refractivity contribution in [2.45, 2.75) is 4.90 Å².